The molecule has 53 heavy (non-hydrogen) atoms. The molecule has 0 spiro atoms. The zero-order valence-electron chi connectivity index (χ0n) is 28.9. The number of hydrogen-bond donors (Lipinski definition) is 6. The normalized spacial score (nSPS) is 21.2. The van der Waals surface area contributed by atoms with Gasteiger partial charge in [-0.2, -0.15) is 9.97 Å². The molecule has 1 saturated heterocycles. The van der Waals surface area contributed by atoms with E-state index in [4.69, 9.17) is 38.2 Å². The smallest absolute Gasteiger partial charge is 0.319 e. The van der Waals surface area contributed by atoms with Crippen LogP contribution in [0.25, 0.3) is 11.2 Å². The highest BCUT2D eigenvalue weighted by atomic mass is 35.5. The number of benzene rings is 2. The molecule has 276 valence electrons. The minimum atomic E-state index is -1.17. The third kappa shape index (κ3) is 8.15. The Morgan fingerprint density at radius 1 is 0.925 bits per heavy atom. The summed E-state index contributed by atoms with van der Waals surface area (Å²) < 4.78 is 1.76. The lowest BCUT2D eigenvalue weighted by Gasteiger charge is -2.22. The van der Waals surface area contributed by atoms with Gasteiger partial charge in [-0.25, -0.2) is 14.8 Å². The predicted octanol–water partition coefficient (Wildman–Crippen LogP) is 4.73. The van der Waals surface area contributed by atoms with Crippen LogP contribution < -0.4 is 26.2 Å². The number of amides is 3. The third-order valence-electron chi connectivity index (χ3n) is 9.79. The molecule has 5 aromatic rings. The number of pyridine rings is 1. The summed E-state index contributed by atoms with van der Waals surface area (Å²) in [5, 5.41) is 34.6. The molecule has 7 rings (SSSR count). The highest BCUT2D eigenvalue weighted by Gasteiger charge is 2.44. The van der Waals surface area contributed by atoms with Crippen molar-refractivity contribution in [2.24, 2.45) is 0 Å². The highest BCUT2D eigenvalue weighted by molar-refractivity contribution is 6.33. The van der Waals surface area contributed by atoms with Crippen molar-refractivity contribution in [1.29, 1.82) is 0 Å². The number of hydrogen-bond acceptors (Lipinski definition) is 10. The summed E-state index contributed by atoms with van der Waals surface area (Å²) in [6, 6.07) is 21.6. The number of nitrogens with one attached hydrogen (secondary N) is 4. The van der Waals surface area contributed by atoms with E-state index in [2.05, 4.69) is 50.5 Å². The molecule has 14 nitrogen and oxygen atoms in total. The maximum Gasteiger partial charge on any atom is 0.319 e. The number of carbonyl (C=O) groups is 2. The first-order chi connectivity index (χ1) is 25.7. The second-order valence-corrected chi connectivity index (χ2v) is 14.1. The van der Waals surface area contributed by atoms with Crippen LogP contribution in [0.5, 0.6) is 0 Å². The summed E-state index contributed by atoms with van der Waals surface area (Å²) in [5.41, 5.74) is 3.65. The average molecular weight is 760 g/mol. The quantitative estimate of drug-likeness (QED) is 0.103. The van der Waals surface area contributed by atoms with E-state index in [9.17, 15) is 19.8 Å². The fourth-order valence-electron chi connectivity index (χ4n) is 7.10. The van der Waals surface area contributed by atoms with E-state index < -0.39 is 30.3 Å². The monoisotopic (exact) mass is 758 g/mol. The molecule has 0 radical (unpaired) electrons. The van der Waals surface area contributed by atoms with E-state index in [-0.39, 0.29) is 41.0 Å². The number of fused-ring (bicyclic) bond motifs is 1. The first-order valence-electron chi connectivity index (χ1n) is 17.6. The highest BCUT2D eigenvalue weighted by Crippen LogP contribution is 2.35. The zero-order chi connectivity index (χ0) is 37.1. The number of aliphatic hydroxyl groups excluding tert-OH is 2. The van der Waals surface area contributed by atoms with Crippen LogP contribution in [0, 0.1) is 0 Å². The van der Waals surface area contributed by atoms with Gasteiger partial charge in [0.15, 0.2) is 17.0 Å². The van der Waals surface area contributed by atoms with Gasteiger partial charge in [-0.3, -0.25) is 4.79 Å². The number of imidazole rings is 1. The molecule has 3 aromatic heterocycles. The third-order valence-corrected chi connectivity index (χ3v) is 10.2. The first kappa shape index (κ1) is 36.3. The molecule has 6 N–H and O–H groups in total. The minimum absolute atomic E-state index is 0.00766. The number of aliphatic hydroxyl groups is 2. The van der Waals surface area contributed by atoms with Gasteiger partial charge in [-0.05, 0) is 36.1 Å². The van der Waals surface area contributed by atoms with Crippen LogP contribution in [0.3, 0.4) is 0 Å². The predicted molar refractivity (Wildman–Crippen MR) is 203 cm³/mol. The summed E-state index contributed by atoms with van der Waals surface area (Å²) in [6.07, 6.45) is 0.432. The van der Waals surface area contributed by atoms with Crippen LogP contribution in [0.2, 0.25) is 10.3 Å². The number of rotatable bonds is 11. The Balaban J connectivity index is 1.18. The lowest BCUT2D eigenvalue weighted by atomic mass is 9.91. The Morgan fingerprint density at radius 3 is 2.26 bits per heavy atom. The Bertz CT molecular complexity index is 2010. The SMILES string of the molecule is CCC(=O)N[C@H]1CC(n2cnc3c(NCC(c4ccccc4)c4ccccc4)nc(N4CC[C@H](NC(=O)Nc5cc(Cl)nc(Cl)c5)C4)nc32)[C@H](O)[C@@H]1O. The van der Waals surface area contributed by atoms with E-state index in [1.165, 1.54) is 12.1 Å². The summed E-state index contributed by atoms with van der Waals surface area (Å²) in [4.78, 5) is 45.7. The first-order valence-corrected chi connectivity index (χ1v) is 18.3. The molecule has 1 saturated carbocycles. The number of aromatic nitrogens is 5. The van der Waals surface area contributed by atoms with Gasteiger partial charge < -0.3 is 40.9 Å². The summed E-state index contributed by atoms with van der Waals surface area (Å²) in [5.74, 6) is 0.704. The number of anilines is 3. The van der Waals surface area contributed by atoms with Crippen molar-refractivity contribution >= 4 is 63.8 Å². The Morgan fingerprint density at radius 2 is 1.60 bits per heavy atom. The molecule has 2 aliphatic rings. The number of urea groups is 1. The van der Waals surface area contributed by atoms with Crippen LogP contribution in [-0.2, 0) is 4.79 Å². The molecule has 5 atom stereocenters. The molecular formula is C37H40Cl2N10O4. The maximum absolute atomic E-state index is 12.9. The van der Waals surface area contributed by atoms with E-state index in [1.807, 2.05) is 41.3 Å². The van der Waals surface area contributed by atoms with Crippen LogP contribution in [0.4, 0.5) is 22.2 Å². The summed E-state index contributed by atoms with van der Waals surface area (Å²) in [7, 11) is 0. The fraction of sp³-hybridized carbons (Fsp3) is 0.351. The summed E-state index contributed by atoms with van der Waals surface area (Å²) in [6.45, 7) is 3.22. The van der Waals surface area contributed by atoms with Crippen molar-refractivity contribution in [2.45, 2.75) is 62.4 Å². The topological polar surface area (TPSA) is 182 Å². The van der Waals surface area contributed by atoms with Gasteiger partial charge in [-0.15, -0.1) is 0 Å². The van der Waals surface area contributed by atoms with Gasteiger partial charge >= 0.3 is 6.03 Å². The second-order valence-electron chi connectivity index (χ2n) is 13.3. The van der Waals surface area contributed by atoms with Crippen molar-refractivity contribution in [3.8, 4) is 0 Å². The van der Waals surface area contributed by atoms with Crippen LogP contribution in [0.15, 0.2) is 79.1 Å². The van der Waals surface area contributed by atoms with E-state index in [1.54, 1.807) is 17.8 Å². The summed E-state index contributed by atoms with van der Waals surface area (Å²) >= 11 is 12.0. The Hall–Kier alpha value is -5.02. The van der Waals surface area contributed by atoms with Gasteiger partial charge in [0.25, 0.3) is 0 Å². The Labute approximate surface area is 316 Å². The van der Waals surface area contributed by atoms with Gasteiger partial charge in [0, 0.05) is 43.7 Å². The molecule has 4 heterocycles. The van der Waals surface area contributed by atoms with Gasteiger partial charge in [0.1, 0.15) is 22.5 Å². The Kier molecular flexibility index (Phi) is 10.9. The van der Waals surface area contributed by atoms with Gasteiger partial charge in [-0.1, -0.05) is 90.8 Å². The zero-order valence-corrected chi connectivity index (χ0v) is 30.4. The standard InChI is InChI=1S/C37H40Cl2N10O4/c1-2-30(50)44-26-17-27(33(52)32(26)51)49-20-41-31-34(40-18-25(21-9-5-3-6-10-21)22-11-7-4-8-12-22)46-36(47-35(31)49)48-14-13-23(19-48)42-37(53)43-24-15-28(38)45-29(39)16-24/h3-12,15-16,20,23,25-27,32-33,51-52H,2,13-14,17-19H2,1H3,(H,44,50)(H,40,46,47)(H2,42,43,45,53)/t23-,26-,27?,32+,33-/m0/s1. The molecule has 1 unspecified atom stereocenters. The molecular weight excluding hydrogens is 719 g/mol. The fourth-order valence-corrected chi connectivity index (χ4v) is 7.56. The second kappa shape index (κ2) is 15.9. The molecule has 1 aliphatic heterocycles. The lowest BCUT2D eigenvalue weighted by molar-refractivity contribution is -0.122. The molecule has 2 aromatic carbocycles. The van der Waals surface area contributed by atoms with E-state index in [0.29, 0.717) is 54.7 Å². The van der Waals surface area contributed by atoms with Crippen molar-refractivity contribution in [3.63, 3.8) is 0 Å². The van der Waals surface area contributed by atoms with Crippen LogP contribution >= 0.6 is 23.2 Å². The maximum atomic E-state index is 12.9. The average Bonchev–Trinajstić information content (AvgIpc) is 3.86. The minimum Gasteiger partial charge on any atom is -0.388 e. The lowest BCUT2D eigenvalue weighted by Crippen LogP contribution is -2.42. The molecule has 3 amide bonds. The largest absolute Gasteiger partial charge is 0.388 e. The number of halogens is 2. The van der Waals surface area contributed by atoms with Crippen molar-refractivity contribution in [1.82, 2.24) is 35.1 Å². The van der Waals surface area contributed by atoms with E-state index in [0.717, 1.165) is 11.1 Å². The molecule has 2 fully saturated rings. The molecule has 16 heteroatoms. The van der Waals surface area contributed by atoms with Gasteiger partial charge in [0.2, 0.25) is 11.9 Å². The van der Waals surface area contributed by atoms with Gasteiger partial charge in [0.05, 0.1) is 18.4 Å². The molecule has 1 aliphatic carbocycles. The number of nitrogens with zero attached hydrogens (tertiary/aromatic N) is 6. The van der Waals surface area contributed by atoms with Crippen LogP contribution in [0.1, 0.15) is 49.3 Å². The van der Waals surface area contributed by atoms with Crippen molar-refractivity contribution in [3.05, 3.63) is 101 Å². The van der Waals surface area contributed by atoms with Crippen LogP contribution in [-0.4, -0.2) is 90.6 Å². The van der Waals surface area contributed by atoms with E-state index >= 15 is 0 Å². The van der Waals surface area contributed by atoms with Crippen molar-refractivity contribution in [2.75, 3.05) is 35.2 Å². The van der Waals surface area contributed by atoms with Crippen molar-refractivity contribution < 1.29 is 19.8 Å². The number of carbonyl (C=O) groups excluding carboxylic acids is 2. The molecule has 0 bridgehead atoms.